The molecular formula is C20H19BN2O2. The van der Waals surface area contributed by atoms with Crippen LogP contribution in [0.5, 0.6) is 5.75 Å². The van der Waals surface area contributed by atoms with Gasteiger partial charge >= 0.3 is 0 Å². The molecule has 0 saturated heterocycles. The number of benzene rings is 2. The molecule has 0 aliphatic heterocycles. The number of aromatic nitrogens is 1. The van der Waals surface area contributed by atoms with E-state index in [9.17, 15) is 10.4 Å². The van der Waals surface area contributed by atoms with Crippen LogP contribution in [0, 0.1) is 17.2 Å². The number of para-hydroxylation sites is 1. The van der Waals surface area contributed by atoms with Gasteiger partial charge in [-0.3, -0.25) is 0 Å². The number of nitrogens with zero attached hydrogens (tertiary/aromatic N) is 2. The SMILES string of the molecule is [B]c1ccc2c(C#N)c(-c3ccccc3OC)n(CC(C)CO)c2c1. The van der Waals surface area contributed by atoms with Crippen LogP contribution in [0.4, 0.5) is 0 Å². The van der Waals surface area contributed by atoms with E-state index in [4.69, 9.17) is 12.6 Å². The lowest BCUT2D eigenvalue weighted by molar-refractivity contribution is 0.224. The zero-order chi connectivity index (χ0) is 18.0. The minimum Gasteiger partial charge on any atom is -0.496 e. The second kappa shape index (κ2) is 7.04. The van der Waals surface area contributed by atoms with Crippen LogP contribution in [-0.2, 0) is 6.54 Å². The van der Waals surface area contributed by atoms with Crippen molar-refractivity contribution in [2.45, 2.75) is 13.5 Å². The molecule has 124 valence electrons. The first-order chi connectivity index (χ1) is 12.1. The Hall–Kier alpha value is -2.71. The molecule has 2 radical (unpaired) electrons. The van der Waals surface area contributed by atoms with Gasteiger partial charge in [-0.05, 0) is 24.1 Å². The Morgan fingerprint density at radius 2 is 2.04 bits per heavy atom. The van der Waals surface area contributed by atoms with Gasteiger partial charge in [0.15, 0.2) is 0 Å². The summed E-state index contributed by atoms with van der Waals surface area (Å²) in [4.78, 5) is 0. The van der Waals surface area contributed by atoms with E-state index >= 15 is 0 Å². The Kier molecular flexibility index (Phi) is 4.82. The molecule has 5 heteroatoms. The van der Waals surface area contributed by atoms with Crippen LogP contribution in [0.1, 0.15) is 12.5 Å². The summed E-state index contributed by atoms with van der Waals surface area (Å²) in [7, 11) is 7.60. The summed E-state index contributed by atoms with van der Waals surface area (Å²) >= 11 is 0. The highest BCUT2D eigenvalue weighted by Gasteiger charge is 2.22. The third kappa shape index (κ3) is 3.01. The smallest absolute Gasteiger partial charge is 0.128 e. The van der Waals surface area contributed by atoms with Gasteiger partial charge in [0, 0.05) is 29.6 Å². The van der Waals surface area contributed by atoms with Crippen LogP contribution >= 0.6 is 0 Å². The third-order valence-corrected chi connectivity index (χ3v) is 4.37. The van der Waals surface area contributed by atoms with Crippen LogP contribution in [0.2, 0.25) is 0 Å². The van der Waals surface area contributed by atoms with E-state index in [0.29, 0.717) is 23.3 Å². The maximum Gasteiger partial charge on any atom is 0.128 e. The van der Waals surface area contributed by atoms with E-state index < -0.39 is 0 Å². The summed E-state index contributed by atoms with van der Waals surface area (Å²) in [5.41, 5.74) is 3.75. The number of ether oxygens (including phenoxy) is 1. The fourth-order valence-corrected chi connectivity index (χ4v) is 3.16. The fourth-order valence-electron chi connectivity index (χ4n) is 3.16. The first-order valence-electron chi connectivity index (χ1n) is 8.16. The molecule has 0 aliphatic carbocycles. The quantitative estimate of drug-likeness (QED) is 0.732. The van der Waals surface area contributed by atoms with Crippen molar-refractivity contribution in [2.24, 2.45) is 5.92 Å². The highest BCUT2D eigenvalue weighted by Crippen LogP contribution is 2.38. The second-order valence-corrected chi connectivity index (χ2v) is 6.21. The molecule has 25 heavy (non-hydrogen) atoms. The van der Waals surface area contributed by atoms with Crippen molar-refractivity contribution in [1.29, 1.82) is 5.26 Å². The molecule has 4 nitrogen and oxygen atoms in total. The molecule has 0 fully saturated rings. The van der Waals surface area contributed by atoms with Gasteiger partial charge in [-0.15, -0.1) is 0 Å². The van der Waals surface area contributed by atoms with E-state index in [1.54, 1.807) is 13.2 Å². The molecule has 0 saturated carbocycles. The number of nitriles is 1. The zero-order valence-electron chi connectivity index (χ0n) is 14.4. The molecule has 1 unspecified atom stereocenters. The normalized spacial score (nSPS) is 12.1. The van der Waals surface area contributed by atoms with Crippen molar-refractivity contribution < 1.29 is 9.84 Å². The number of methoxy groups -OCH3 is 1. The van der Waals surface area contributed by atoms with E-state index in [2.05, 4.69) is 10.6 Å². The lowest BCUT2D eigenvalue weighted by atomic mass is 9.95. The van der Waals surface area contributed by atoms with Crippen LogP contribution in [0.25, 0.3) is 22.2 Å². The number of fused-ring (bicyclic) bond motifs is 1. The maximum atomic E-state index is 9.83. The van der Waals surface area contributed by atoms with Gasteiger partial charge in [0.25, 0.3) is 0 Å². The van der Waals surface area contributed by atoms with Crippen LogP contribution in [0.15, 0.2) is 42.5 Å². The fraction of sp³-hybridized carbons (Fsp3) is 0.250. The molecule has 0 amide bonds. The summed E-state index contributed by atoms with van der Waals surface area (Å²) in [5.74, 6) is 0.740. The van der Waals surface area contributed by atoms with Gasteiger partial charge in [-0.1, -0.05) is 36.7 Å². The number of hydrogen-bond donors (Lipinski definition) is 1. The van der Waals surface area contributed by atoms with Gasteiger partial charge in [-0.2, -0.15) is 5.26 Å². The Balaban J connectivity index is 2.39. The van der Waals surface area contributed by atoms with E-state index in [1.165, 1.54) is 0 Å². The third-order valence-electron chi connectivity index (χ3n) is 4.37. The molecule has 3 aromatic rings. The minimum absolute atomic E-state index is 0.0389. The summed E-state index contributed by atoms with van der Waals surface area (Å²) < 4.78 is 7.57. The Morgan fingerprint density at radius 3 is 2.72 bits per heavy atom. The summed E-state index contributed by atoms with van der Waals surface area (Å²) in [6, 6.07) is 15.5. The molecule has 1 aromatic heterocycles. The van der Waals surface area contributed by atoms with E-state index in [1.807, 2.05) is 43.3 Å². The van der Waals surface area contributed by atoms with Crippen LogP contribution in [-0.4, -0.2) is 31.2 Å². The van der Waals surface area contributed by atoms with Crippen LogP contribution < -0.4 is 10.2 Å². The van der Waals surface area contributed by atoms with Gasteiger partial charge in [0.2, 0.25) is 0 Å². The van der Waals surface area contributed by atoms with Crippen molar-refractivity contribution in [3.05, 3.63) is 48.0 Å². The lowest BCUT2D eigenvalue weighted by Gasteiger charge is -2.17. The minimum atomic E-state index is 0.0389. The van der Waals surface area contributed by atoms with Gasteiger partial charge < -0.3 is 14.4 Å². The molecule has 0 bridgehead atoms. The predicted octanol–water partition coefficient (Wildman–Crippen LogP) is 2.61. The summed E-state index contributed by atoms with van der Waals surface area (Å²) in [6.07, 6.45) is 0. The molecule has 0 spiro atoms. The highest BCUT2D eigenvalue weighted by molar-refractivity contribution is 6.33. The van der Waals surface area contributed by atoms with Crippen molar-refractivity contribution in [3.63, 3.8) is 0 Å². The number of hydrogen-bond acceptors (Lipinski definition) is 3. The largest absolute Gasteiger partial charge is 0.496 e. The zero-order valence-corrected chi connectivity index (χ0v) is 14.4. The average molecular weight is 330 g/mol. The lowest BCUT2D eigenvalue weighted by Crippen LogP contribution is -2.13. The topological polar surface area (TPSA) is 58.2 Å². The standard InChI is InChI=1S/C20H19BN2O2/c1-13(12-24)11-23-18-9-14(21)7-8-15(18)17(10-22)20(23)16-5-3-4-6-19(16)25-2/h3-9,13,24H,11-12H2,1-2H3. The van der Waals surface area contributed by atoms with Crippen LogP contribution in [0.3, 0.4) is 0 Å². The maximum absolute atomic E-state index is 9.83. The molecular weight excluding hydrogens is 311 g/mol. The van der Waals surface area contributed by atoms with Crippen molar-refractivity contribution in [1.82, 2.24) is 4.57 Å². The highest BCUT2D eigenvalue weighted by atomic mass is 16.5. The summed E-state index contributed by atoms with van der Waals surface area (Å²) in [5, 5.41) is 20.2. The first kappa shape index (κ1) is 17.1. The van der Waals surface area contributed by atoms with Crippen molar-refractivity contribution in [2.75, 3.05) is 13.7 Å². The number of aliphatic hydroxyl groups excluding tert-OH is 1. The van der Waals surface area contributed by atoms with Gasteiger partial charge in [-0.25, -0.2) is 0 Å². The van der Waals surface area contributed by atoms with E-state index in [0.717, 1.165) is 22.2 Å². The first-order valence-corrected chi connectivity index (χ1v) is 8.16. The predicted molar refractivity (Wildman–Crippen MR) is 100 cm³/mol. The van der Waals surface area contributed by atoms with Gasteiger partial charge in [0.1, 0.15) is 19.7 Å². The average Bonchev–Trinajstić information content (AvgIpc) is 2.93. The number of aliphatic hydroxyl groups is 1. The van der Waals surface area contributed by atoms with Crippen molar-refractivity contribution >= 4 is 24.2 Å². The molecule has 2 aromatic carbocycles. The summed E-state index contributed by atoms with van der Waals surface area (Å²) in [6.45, 7) is 2.61. The van der Waals surface area contributed by atoms with E-state index in [-0.39, 0.29) is 12.5 Å². The Labute approximate surface area is 148 Å². The molecule has 1 heterocycles. The molecule has 0 aliphatic rings. The molecule has 3 rings (SSSR count). The monoisotopic (exact) mass is 330 g/mol. The second-order valence-electron chi connectivity index (χ2n) is 6.21. The molecule has 1 atom stereocenters. The van der Waals surface area contributed by atoms with Gasteiger partial charge in [0.05, 0.1) is 18.4 Å². The number of rotatable bonds is 5. The van der Waals surface area contributed by atoms with Crippen molar-refractivity contribution in [3.8, 4) is 23.1 Å². The Morgan fingerprint density at radius 1 is 1.28 bits per heavy atom. The Bertz CT molecular complexity index is 956. The molecule has 1 N–H and O–H groups in total.